The third kappa shape index (κ3) is 4.34. The highest BCUT2D eigenvalue weighted by atomic mass is 32.2. The number of anilines is 3. The van der Waals surface area contributed by atoms with Crippen molar-refractivity contribution in [3.8, 4) is 11.5 Å². The van der Waals surface area contributed by atoms with Crippen molar-refractivity contribution < 1.29 is 17.9 Å². The number of ether oxygens (including phenoxy) is 2. The zero-order chi connectivity index (χ0) is 20.1. The third-order valence-corrected chi connectivity index (χ3v) is 5.44. The highest BCUT2D eigenvalue weighted by Gasteiger charge is 2.16. The molecule has 8 heteroatoms. The van der Waals surface area contributed by atoms with Gasteiger partial charge in [0, 0.05) is 0 Å². The van der Waals surface area contributed by atoms with Gasteiger partial charge in [-0.05, 0) is 55.0 Å². The molecule has 1 heterocycles. The Balaban J connectivity index is 1.75. The first-order chi connectivity index (χ1) is 13.4. The Kier molecular flexibility index (Phi) is 5.70. The lowest BCUT2D eigenvalue weighted by atomic mass is 10.2. The third-order valence-electron chi connectivity index (χ3n) is 4.06. The molecule has 0 bridgehead atoms. The molecule has 0 atom stereocenters. The van der Waals surface area contributed by atoms with Crippen LogP contribution in [0.25, 0.3) is 0 Å². The second-order valence-corrected chi connectivity index (χ2v) is 7.68. The summed E-state index contributed by atoms with van der Waals surface area (Å²) in [7, 11) is -0.596. The molecule has 28 heavy (non-hydrogen) atoms. The summed E-state index contributed by atoms with van der Waals surface area (Å²) in [5, 5.41) is 3.14. The molecule has 0 aliphatic rings. The molecule has 0 radical (unpaired) electrons. The molecular formula is C20H21N3O4S. The first-order valence-corrected chi connectivity index (χ1v) is 9.95. The number of methoxy groups -OCH3 is 2. The van der Waals surface area contributed by atoms with Crippen molar-refractivity contribution in [1.82, 2.24) is 4.98 Å². The maximum atomic E-state index is 12.6. The van der Waals surface area contributed by atoms with Crippen LogP contribution in [0.4, 0.5) is 17.2 Å². The van der Waals surface area contributed by atoms with Crippen molar-refractivity contribution in [2.24, 2.45) is 0 Å². The standard InChI is InChI=1S/C20H21N3O4S/c1-14-12-16(9-10-18(14)26-2)28(24,25)23-15-8-11-20(21-13-15)22-17-6-4-5-7-19(17)27-3/h4-13,23H,1-3H3,(H,21,22). The van der Waals surface area contributed by atoms with Gasteiger partial charge in [0.15, 0.2) is 0 Å². The van der Waals surface area contributed by atoms with Crippen molar-refractivity contribution in [1.29, 1.82) is 0 Å². The highest BCUT2D eigenvalue weighted by Crippen LogP contribution is 2.27. The molecule has 7 nitrogen and oxygen atoms in total. The van der Waals surface area contributed by atoms with Crippen molar-refractivity contribution >= 4 is 27.2 Å². The van der Waals surface area contributed by atoms with Crippen LogP contribution in [0.15, 0.2) is 65.7 Å². The Morgan fingerprint density at radius 1 is 0.929 bits per heavy atom. The van der Waals surface area contributed by atoms with Gasteiger partial charge in [0.2, 0.25) is 0 Å². The molecule has 0 saturated heterocycles. The second-order valence-electron chi connectivity index (χ2n) is 5.99. The van der Waals surface area contributed by atoms with Gasteiger partial charge in [-0.3, -0.25) is 4.72 Å². The van der Waals surface area contributed by atoms with Gasteiger partial charge in [-0.2, -0.15) is 0 Å². The molecule has 0 aliphatic heterocycles. The summed E-state index contributed by atoms with van der Waals surface area (Å²) in [6, 6.07) is 15.5. The van der Waals surface area contributed by atoms with Gasteiger partial charge in [-0.25, -0.2) is 13.4 Å². The number of aromatic nitrogens is 1. The Bertz CT molecular complexity index is 1070. The van der Waals surface area contributed by atoms with E-state index in [1.807, 2.05) is 24.3 Å². The van der Waals surface area contributed by atoms with Crippen LogP contribution in [0.2, 0.25) is 0 Å². The molecule has 146 valence electrons. The lowest BCUT2D eigenvalue weighted by molar-refractivity contribution is 0.411. The number of hydrogen-bond donors (Lipinski definition) is 2. The molecule has 0 aliphatic carbocycles. The summed E-state index contributed by atoms with van der Waals surface area (Å²) >= 11 is 0. The number of para-hydroxylation sites is 2. The van der Waals surface area contributed by atoms with Gasteiger partial charge in [-0.15, -0.1) is 0 Å². The van der Waals surface area contributed by atoms with Crippen LogP contribution in [0.1, 0.15) is 5.56 Å². The molecular weight excluding hydrogens is 378 g/mol. The van der Waals surface area contributed by atoms with Gasteiger partial charge < -0.3 is 14.8 Å². The topological polar surface area (TPSA) is 89.6 Å². The summed E-state index contributed by atoms with van der Waals surface area (Å²) in [6.07, 6.45) is 1.45. The SMILES string of the molecule is COc1ccc(S(=O)(=O)Nc2ccc(Nc3ccccc3OC)nc2)cc1C. The monoisotopic (exact) mass is 399 g/mol. The molecule has 0 amide bonds. The van der Waals surface area contributed by atoms with E-state index in [1.54, 1.807) is 45.4 Å². The number of pyridine rings is 1. The normalized spacial score (nSPS) is 11.0. The lowest BCUT2D eigenvalue weighted by Crippen LogP contribution is -2.13. The van der Waals surface area contributed by atoms with E-state index in [0.29, 0.717) is 23.0 Å². The summed E-state index contributed by atoms with van der Waals surface area (Å²) in [6.45, 7) is 1.79. The number of nitrogens with zero attached hydrogens (tertiary/aromatic N) is 1. The Labute approximate surface area is 164 Å². The van der Waals surface area contributed by atoms with Crippen LogP contribution in [0, 0.1) is 6.92 Å². The van der Waals surface area contributed by atoms with Crippen LogP contribution < -0.4 is 19.5 Å². The average molecular weight is 399 g/mol. The fourth-order valence-electron chi connectivity index (χ4n) is 2.65. The minimum Gasteiger partial charge on any atom is -0.496 e. The molecule has 0 fully saturated rings. The lowest BCUT2D eigenvalue weighted by Gasteiger charge is -2.12. The first kappa shape index (κ1) is 19.5. The van der Waals surface area contributed by atoms with E-state index in [9.17, 15) is 8.42 Å². The summed E-state index contributed by atoms with van der Waals surface area (Å²) < 4.78 is 38.2. The number of rotatable bonds is 7. The van der Waals surface area contributed by atoms with Crippen LogP contribution in [0.5, 0.6) is 11.5 Å². The van der Waals surface area contributed by atoms with E-state index in [0.717, 1.165) is 11.3 Å². The molecule has 0 saturated carbocycles. The molecule has 0 spiro atoms. The zero-order valence-electron chi connectivity index (χ0n) is 15.8. The van der Waals surface area contributed by atoms with Crippen molar-refractivity contribution in [2.45, 2.75) is 11.8 Å². The first-order valence-electron chi connectivity index (χ1n) is 8.46. The quantitative estimate of drug-likeness (QED) is 0.625. The number of benzene rings is 2. The smallest absolute Gasteiger partial charge is 0.261 e. The minimum absolute atomic E-state index is 0.155. The maximum Gasteiger partial charge on any atom is 0.261 e. The molecule has 3 aromatic rings. The van der Waals surface area contributed by atoms with Gasteiger partial charge in [0.25, 0.3) is 10.0 Å². The van der Waals surface area contributed by atoms with Gasteiger partial charge >= 0.3 is 0 Å². The summed E-state index contributed by atoms with van der Waals surface area (Å²) in [5.41, 5.74) is 1.86. The molecule has 1 aromatic heterocycles. The van der Waals surface area contributed by atoms with Crippen molar-refractivity contribution in [2.75, 3.05) is 24.3 Å². The van der Waals surface area contributed by atoms with Crippen molar-refractivity contribution in [3.05, 3.63) is 66.4 Å². The molecule has 2 N–H and O–H groups in total. The number of aryl methyl sites for hydroxylation is 1. The Morgan fingerprint density at radius 2 is 1.68 bits per heavy atom. The van der Waals surface area contributed by atoms with E-state index in [2.05, 4.69) is 15.0 Å². The maximum absolute atomic E-state index is 12.6. The number of nitrogens with one attached hydrogen (secondary N) is 2. The average Bonchev–Trinajstić information content (AvgIpc) is 2.69. The van der Waals surface area contributed by atoms with Gasteiger partial charge in [0.1, 0.15) is 17.3 Å². The predicted molar refractivity (Wildman–Crippen MR) is 109 cm³/mol. The Morgan fingerprint density at radius 3 is 2.32 bits per heavy atom. The molecule has 2 aromatic carbocycles. The highest BCUT2D eigenvalue weighted by molar-refractivity contribution is 7.92. The van der Waals surface area contributed by atoms with E-state index in [-0.39, 0.29) is 4.90 Å². The van der Waals surface area contributed by atoms with Gasteiger partial charge in [-0.1, -0.05) is 12.1 Å². The van der Waals surface area contributed by atoms with E-state index in [4.69, 9.17) is 9.47 Å². The van der Waals surface area contributed by atoms with Crippen LogP contribution in [-0.2, 0) is 10.0 Å². The van der Waals surface area contributed by atoms with E-state index in [1.165, 1.54) is 12.3 Å². The van der Waals surface area contributed by atoms with Crippen molar-refractivity contribution in [3.63, 3.8) is 0 Å². The minimum atomic E-state index is -3.73. The summed E-state index contributed by atoms with van der Waals surface area (Å²) in [5.74, 6) is 1.88. The number of hydrogen-bond acceptors (Lipinski definition) is 6. The van der Waals surface area contributed by atoms with E-state index < -0.39 is 10.0 Å². The number of sulfonamides is 1. The van der Waals surface area contributed by atoms with Gasteiger partial charge in [0.05, 0.1) is 36.7 Å². The zero-order valence-corrected chi connectivity index (χ0v) is 16.6. The van der Waals surface area contributed by atoms with E-state index >= 15 is 0 Å². The van der Waals surface area contributed by atoms with Crippen LogP contribution >= 0.6 is 0 Å². The fraction of sp³-hybridized carbons (Fsp3) is 0.150. The fourth-order valence-corrected chi connectivity index (χ4v) is 3.77. The predicted octanol–water partition coefficient (Wildman–Crippen LogP) is 3.95. The molecule has 3 rings (SSSR count). The summed E-state index contributed by atoms with van der Waals surface area (Å²) in [4.78, 5) is 4.41. The van der Waals surface area contributed by atoms with Crippen LogP contribution in [0.3, 0.4) is 0 Å². The second kappa shape index (κ2) is 8.18. The molecule has 0 unspecified atom stereocenters. The Hall–Kier alpha value is -3.26. The van der Waals surface area contributed by atoms with Crippen LogP contribution in [-0.4, -0.2) is 27.6 Å². The largest absolute Gasteiger partial charge is 0.496 e.